The van der Waals surface area contributed by atoms with E-state index in [0.29, 0.717) is 23.0 Å². The maximum absolute atomic E-state index is 13.3. The van der Waals surface area contributed by atoms with E-state index in [9.17, 15) is 4.57 Å². The van der Waals surface area contributed by atoms with Gasteiger partial charge in [-0.2, -0.15) is 0 Å². The predicted octanol–water partition coefficient (Wildman–Crippen LogP) is 7.20. The monoisotopic (exact) mass is 442 g/mol. The van der Waals surface area contributed by atoms with Crippen LogP contribution in [0.25, 0.3) is 0 Å². The van der Waals surface area contributed by atoms with E-state index in [4.69, 9.17) is 18.5 Å². The van der Waals surface area contributed by atoms with Crippen LogP contribution in [0.3, 0.4) is 0 Å². The van der Waals surface area contributed by atoms with E-state index in [1.807, 2.05) is 97.1 Å². The summed E-state index contributed by atoms with van der Waals surface area (Å²) in [7, 11) is -2.92. The maximum Gasteiger partial charge on any atom is 0.320 e. The van der Waals surface area contributed by atoms with Gasteiger partial charge < -0.3 is 9.47 Å². The molecule has 6 heteroatoms. The number of para-hydroxylation sites is 4. The van der Waals surface area contributed by atoms with E-state index in [0.717, 1.165) is 22.3 Å². The third kappa shape index (κ3) is 3.32. The molecule has 158 valence electrons. The van der Waals surface area contributed by atoms with E-state index in [2.05, 4.69) is 0 Å². The van der Waals surface area contributed by atoms with Gasteiger partial charge in [0, 0.05) is 22.3 Å². The zero-order valence-electron chi connectivity index (χ0n) is 16.9. The van der Waals surface area contributed by atoms with Crippen molar-refractivity contribution in [2.75, 3.05) is 0 Å². The lowest BCUT2D eigenvalue weighted by Crippen LogP contribution is -2.13. The Kier molecular flexibility index (Phi) is 4.80. The molecule has 5 nitrogen and oxygen atoms in total. The Labute approximate surface area is 186 Å². The van der Waals surface area contributed by atoms with Gasteiger partial charge in [-0.1, -0.05) is 72.8 Å². The van der Waals surface area contributed by atoms with Crippen LogP contribution in [0, 0.1) is 0 Å². The van der Waals surface area contributed by atoms with Crippen molar-refractivity contribution in [2.24, 2.45) is 0 Å². The topological polar surface area (TPSA) is 54.0 Å². The molecule has 2 aliphatic heterocycles. The summed E-state index contributed by atoms with van der Waals surface area (Å²) in [5, 5.41) is 0. The van der Waals surface area contributed by atoms with Gasteiger partial charge in [0.25, 0.3) is 0 Å². The van der Waals surface area contributed by atoms with Crippen molar-refractivity contribution in [2.45, 2.75) is 12.2 Å². The second-order valence-corrected chi connectivity index (χ2v) is 8.57. The van der Waals surface area contributed by atoms with E-state index >= 15 is 0 Å². The molecule has 0 unspecified atom stereocenters. The molecule has 6 rings (SSSR count). The maximum atomic E-state index is 13.3. The SMILES string of the molecule is O=[PH](OC1c2ccccc2Oc2ccccc21)OC1c2ccccc2Oc2ccccc21. The van der Waals surface area contributed by atoms with Crippen LogP contribution in [0.2, 0.25) is 0 Å². The predicted molar refractivity (Wildman–Crippen MR) is 121 cm³/mol. The van der Waals surface area contributed by atoms with Crippen molar-refractivity contribution >= 4 is 8.25 Å². The zero-order chi connectivity index (χ0) is 21.5. The van der Waals surface area contributed by atoms with Crippen LogP contribution in [-0.2, 0) is 13.6 Å². The smallest absolute Gasteiger partial charge is 0.320 e. The molecule has 0 amide bonds. The zero-order valence-corrected chi connectivity index (χ0v) is 17.9. The third-order valence-electron chi connectivity index (χ3n) is 5.67. The first kappa shape index (κ1) is 19.3. The fraction of sp³-hybridized carbons (Fsp3) is 0.0769. The lowest BCUT2D eigenvalue weighted by molar-refractivity contribution is 0.152. The number of fused-ring (bicyclic) bond motifs is 4. The molecule has 0 aromatic heterocycles. The van der Waals surface area contributed by atoms with Crippen LogP contribution < -0.4 is 9.47 Å². The van der Waals surface area contributed by atoms with Crippen molar-refractivity contribution in [3.8, 4) is 23.0 Å². The summed E-state index contributed by atoms with van der Waals surface area (Å²) in [6, 6.07) is 30.5. The highest BCUT2D eigenvalue weighted by atomic mass is 31.1. The minimum Gasteiger partial charge on any atom is -0.457 e. The highest BCUT2D eigenvalue weighted by Gasteiger charge is 2.33. The van der Waals surface area contributed by atoms with Crippen LogP contribution in [0.15, 0.2) is 97.1 Å². The van der Waals surface area contributed by atoms with Crippen LogP contribution in [-0.4, -0.2) is 0 Å². The van der Waals surface area contributed by atoms with E-state index in [-0.39, 0.29) is 0 Å². The average molecular weight is 442 g/mol. The summed E-state index contributed by atoms with van der Waals surface area (Å²) in [4.78, 5) is 0. The summed E-state index contributed by atoms with van der Waals surface area (Å²) in [6.45, 7) is 0. The Morgan fingerprint density at radius 3 is 1.09 bits per heavy atom. The van der Waals surface area contributed by atoms with Crippen LogP contribution >= 0.6 is 8.25 Å². The second-order valence-electron chi connectivity index (χ2n) is 7.60. The van der Waals surface area contributed by atoms with Crippen LogP contribution in [0.5, 0.6) is 23.0 Å². The Hall–Kier alpha value is -3.37. The van der Waals surface area contributed by atoms with Crippen molar-refractivity contribution in [3.05, 3.63) is 119 Å². The minimum atomic E-state index is -2.92. The third-order valence-corrected chi connectivity index (χ3v) is 6.53. The standard InChI is InChI=1S/C26H19O5P/c27-32(30-25-17-9-1-5-13-21(17)28-22-14-6-2-10-18(22)25)31-26-19-11-3-7-15-23(19)29-24-16-8-4-12-20(24)26/h1-16,25-26,32H. The molecule has 32 heavy (non-hydrogen) atoms. The van der Waals surface area contributed by atoms with Crippen molar-refractivity contribution in [3.63, 3.8) is 0 Å². The molecule has 0 atom stereocenters. The van der Waals surface area contributed by atoms with Gasteiger partial charge in [-0.15, -0.1) is 0 Å². The minimum absolute atomic E-state index is 0.548. The molecule has 4 aromatic rings. The highest BCUT2D eigenvalue weighted by Crippen LogP contribution is 2.52. The molecule has 0 saturated heterocycles. The summed E-state index contributed by atoms with van der Waals surface area (Å²) < 4.78 is 37.4. The molecule has 0 saturated carbocycles. The van der Waals surface area contributed by atoms with Gasteiger partial charge >= 0.3 is 8.25 Å². The van der Waals surface area contributed by atoms with Gasteiger partial charge in [0.1, 0.15) is 35.2 Å². The van der Waals surface area contributed by atoms with Gasteiger partial charge in [-0.3, -0.25) is 13.6 Å². The summed E-state index contributed by atoms with van der Waals surface area (Å²) in [5.74, 6) is 2.75. The fourth-order valence-electron chi connectivity index (χ4n) is 4.21. The first-order chi connectivity index (χ1) is 15.8. The number of ether oxygens (including phenoxy) is 2. The number of hydrogen-bond donors (Lipinski definition) is 0. The molecule has 0 bridgehead atoms. The Morgan fingerprint density at radius 2 is 0.781 bits per heavy atom. The molecule has 4 aromatic carbocycles. The summed E-state index contributed by atoms with van der Waals surface area (Å²) >= 11 is 0. The van der Waals surface area contributed by atoms with E-state index in [1.165, 1.54) is 0 Å². The Morgan fingerprint density at radius 1 is 0.500 bits per heavy atom. The summed E-state index contributed by atoms with van der Waals surface area (Å²) in [6.07, 6.45) is -1.10. The van der Waals surface area contributed by atoms with Gasteiger partial charge in [-0.25, -0.2) is 0 Å². The first-order valence-electron chi connectivity index (χ1n) is 10.4. The average Bonchev–Trinajstić information content (AvgIpc) is 2.84. The van der Waals surface area contributed by atoms with Crippen molar-refractivity contribution in [1.29, 1.82) is 0 Å². The molecule has 0 fully saturated rings. The van der Waals surface area contributed by atoms with Crippen LogP contribution in [0.1, 0.15) is 34.5 Å². The number of hydrogen-bond acceptors (Lipinski definition) is 5. The quantitative estimate of drug-likeness (QED) is 0.313. The lowest BCUT2D eigenvalue weighted by atomic mass is 9.97. The molecule has 0 aliphatic carbocycles. The van der Waals surface area contributed by atoms with Gasteiger partial charge in [0.05, 0.1) is 0 Å². The van der Waals surface area contributed by atoms with E-state index in [1.54, 1.807) is 0 Å². The van der Waals surface area contributed by atoms with Gasteiger partial charge in [-0.05, 0) is 24.3 Å². The molecule has 0 spiro atoms. The van der Waals surface area contributed by atoms with E-state index < -0.39 is 20.5 Å². The highest BCUT2D eigenvalue weighted by molar-refractivity contribution is 7.33. The lowest BCUT2D eigenvalue weighted by Gasteiger charge is -2.30. The van der Waals surface area contributed by atoms with Crippen molar-refractivity contribution < 1.29 is 23.1 Å². The molecule has 2 aliphatic rings. The number of benzene rings is 4. The second kappa shape index (κ2) is 7.95. The largest absolute Gasteiger partial charge is 0.457 e. The molecule has 0 N–H and O–H groups in total. The molecule has 2 heterocycles. The number of rotatable bonds is 4. The molecular weight excluding hydrogens is 423 g/mol. The fourth-order valence-corrected chi connectivity index (χ4v) is 5.15. The van der Waals surface area contributed by atoms with Gasteiger partial charge in [0.2, 0.25) is 0 Å². The molecular formula is C26H19O5P. The summed E-state index contributed by atoms with van der Waals surface area (Å²) in [5.41, 5.74) is 3.28. The first-order valence-corrected chi connectivity index (χ1v) is 11.6. The normalized spacial score (nSPS) is 14.5. The van der Waals surface area contributed by atoms with Gasteiger partial charge in [0.15, 0.2) is 0 Å². The molecule has 0 radical (unpaired) electrons. The Balaban J connectivity index is 1.34. The van der Waals surface area contributed by atoms with Crippen LogP contribution in [0.4, 0.5) is 0 Å². The Bertz CT molecular complexity index is 1140. The van der Waals surface area contributed by atoms with Crippen molar-refractivity contribution in [1.82, 2.24) is 0 Å².